The van der Waals surface area contributed by atoms with Crippen LogP contribution in [-0.2, 0) is 16.1 Å². The fourth-order valence-electron chi connectivity index (χ4n) is 2.95. The summed E-state index contributed by atoms with van der Waals surface area (Å²) in [6.45, 7) is 2.44. The molecular formula is C24H18BrNO3. The summed E-state index contributed by atoms with van der Waals surface area (Å²) in [5.41, 5.74) is 4.04. The van der Waals surface area contributed by atoms with Gasteiger partial charge < -0.3 is 9.47 Å². The minimum atomic E-state index is -0.446. The molecule has 1 heterocycles. The van der Waals surface area contributed by atoms with Crippen LogP contribution in [0, 0.1) is 6.92 Å². The number of esters is 1. The number of carbonyl (C=O) groups excluding carboxylic acids is 1. The lowest BCUT2D eigenvalue weighted by Crippen LogP contribution is -2.06. The van der Waals surface area contributed by atoms with Gasteiger partial charge in [-0.25, -0.2) is 9.79 Å². The number of aliphatic imine (C=N–C) groups is 1. The maximum Gasteiger partial charge on any atom is 0.363 e. The quantitative estimate of drug-likeness (QED) is 0.373. The summed E-state index contributed by atoms with van der Waals surface area (Å²) < 4.78 is 12.2. The van der Waals surface area contributed by atoms with Crippen LogP contribution in [0.25, 0.3) is 6.08 Å². The van der Waals surface area contributed by atoms with Crippen LogP contribution in [0.15, 0.2) is 88.0 Å². The molecule has 0 atom stereocenters. The third-order valence-electron chi connectivity index (χ3n) is 4.47. The Morgan fingerprint density at radius 3 is 2.59 bits per heavy atom. The maximum absolute atomic E-state index is 12.2. The average Bonchev–Trinajstić information content (AvgIpc) is 3.08. The first-order chi connectivity index (χ1) is 14.1. The van der Waals surface area contributed by atoms with E-state index in [1.165, 1.54) is 0 Å². The molecule has 1 aliphatic rings. The molecule has 0 saturated heterocycles. The Morgan fingerprint density at radius 1 is 1.03 bits per heavy atom. The number of halogens is 1. The largest absolute Gasteiger partial charge is 0.489 e. The van der Waals surface area contributed by atoms with Gasteiger partial charge in [0.15, 0.2) is 5.70 Å². The number of hydrogen-bond donors (Lipinski definition) is 0. The smallest absolute Gasteiger partial charge is 0.363 e. The molecule has 29 heavy (non-hydrogen) atoms. The van der Waals surface area contributed by atoms with Crippen LogP contribution < -0.4 is 4.74 Å². The van der Waals surface area contributed by atoms with E-state index in [1.807, 2.05) is 79.7 Å². The second-order valence-corrected chi connectivity index (χ2v) is 7.55. The minimum absolute atomic E-state index is 0.283. The highest BCUT2D eigenvalue weighted by Crippen LogP contribution is 2.22. The summed E-state index contributed by atoms with van der Waals surface area (Å²) in [6.07, 6.45) is 1.71. The third kappa shape index (κ3) is 4.63. The first-order valence-corrected chi connectivity index (χ1v) is 9.94. The number of carbonyl (C=O) groups is 1. The summed E-state index contributed by atoms with van der Waals surface area (Å²) in [6, 6.07) is 23.2. The van der Waals surface area contributed by atoms with Crippen molar-refractivity contribution >= 4 is 33.9 Å². The van der Waals surface area contributed by atoms with Crippen molar-refractivity contribution in [2.24, 2.45) is 4.99 Å². The van der Waals surface area contributed by atoms with Crippen LogP contribution in [0.4, 0.5) is 0 Å². The van der Waals surface area contributed by atoms with Crippen LogP contribution >= 0.6 is 15.9 Å². The number of aryl methyl sites for hydroxylation is 1. The van der Waals surface area contributed by atoms with Crippen molar-refractivity contribution in [2.75, 3.05) is 0 Å². The van der Waals surface area contributed by atoms with Crippen molar-refractivity contribution in [1.29, 1.82) is 0 Å². The molecule has 0 amide bonds. The molecule has 0 bridgehead atoms. The Hall–Kier alpha value is -3.18. The molecule has 144 valence electrons. The molecule has 0 aliphatic carbocycles. The lowest BCUT2D eigenvalue weighted by Gasteiger charge is -2.07. The van der Waals surface area contributed by atoms with Crippen molar-refractivity contribution in [1.82, 2.24) is 0 Å². The maximum atomic E-state index is 12.2. The van der Waals surface area contributed by atoms with Gasteiger partial charge in [0.25, 0.3) is 0 Å². The molecule has 1 aliphatic heterocycles. The minimum Gasteiger partial charge on any atom is -0.489 e. The Bertz CT molecular complexity index is 1120. The molecule has 0 radical (unpaired) electrons. The van der Waals surface area contributed by atoms with Crippen LogP contribution in [0.3, 0.4) is 0 Å². The number of hydrogen-bond acceptors (Lipinski definition) is 4. The van der Waals surface area contributed by atoms with Crippen LogP contribution in [0.5, 0.6) is 5.75 Å². The molecule has 4 rings (SSSR count). The summed E-state index contributed by atoms with van der Waals surface area (Å²) in [4.78, 5) is 16.6. The first kappa shape index (κ1) is 19.2. The second kappa shape index (κ2) is 8.45. The fourth-order valence-corrected chi connectivity index (χ4v) is 3.40. The van der Waals surface area contributed by atoms with Gasteiger partial charge in [0.1, 0.15) is 12.4 Å². The van der Waals surface area contributed by atoms with E-state index in [2.05, 4.69) is 20.9 Å². The van der Waals surface area contributed by atoms with Crippen molar-refractivity contribution < 1.29 is 14.3 Å². The van der Waals surface area contributed by atoms with E-state index >= 15 is 0 Å². The van der Waals surface area contributed by atoms with Gasteiger partial charge in [-0.2, -0.15) is 0 Å². The van der Waals surface area contributed by atoms with Crippen molar-refractivity contribution in [3.05, 3.63) is 105 Å². The zero-order chi connectivity index (χ0) is 20.2. The zero-order valence-electron chi connectivity index (χ0n) is 15.8. The lowest BCUT2D eigenvalue weighted by atomic mass is 10.1. The lowest BCUT2D eigenvalue weighted by molar-refractivity contribution is -0.129. The summed E-state index contributed by atoms with van der Waals surface area (Å²) in [5, 5.41) is 0. The highest BCUT2D eigenvalue weighted by Gasteiger charge is 2.24. The number of cyclic esters (lactones) is 1. The summed E-state index contributed by atoms with van der Waals surface area (Å²) in [5.74, 6) is 0.650. The molecule has 0 aromatic heterocycles. The second-order valence-electron chi connectivity index (χ2n) is 6.64. The molecule has 0 fully saturated rings. The van der Waals surface area contributed by atoms with Gasteiger partial charge in [-0.3, -0.25) is 0 Å². The molecule has 0 N–H and O–H groups in total. The van der Waals surface area contributed by atoms with E-state index < -0.39 is 5.97 Å². The van der Waals surface area contributed by atoms with Crippen LogP contribution in [0.1, 0.15) is 22.3 Å². The molecule has 0 unspecified atom stereocenters. The standard InChI is InChI=1S/C24H18BrNO3/c1-16-5-2-3-8-21(16)23-26-22(24(27)29-23)14-17-9-11-20(12-10-17)28-15-18-6-4-7-19(25)13-18/h2-14H,15H2,1H3/b22-14-. The van der Waals surface area contributed by atoms with E-state index in [-0.39, 0.29) is 5.70 Å². The summed E-state index contributed by atoms with van der Waals surface area (Å²) in [7, 11) is 0. The van der Waals surface area contributed by atoms with E-state index in [1.54, 1.807) is 6.08 Å². The predicted octanol–water partition coefficient (Wildman–Crippen LogP) is 5.68. The predicted molar refractivity (Wildman–Crippen MR) is 117 cm³/mol. The van der Waals surface area contributed by atoms with Gasteiger partial charge in [-0.1, -0.05) is 58.4 Å². The van der Waals surface area contributed by atoms with E-state index in [4.69, 9.17) is 9.47 Å². The van der Waals surface area contributed by atoms with Gasteiger partial charge in [0.05, 0.1) is 0 Å². The highest BCUT2D eigenvalue weighted by atomic mass is 79.9. The Balaban J connectivity index is 1.47. The van der Waals surface area contributed by atoms with Gasteiger partial charge in [-0.05, 0) is 60.0 Å². The van der Waals surface area contributed by atoms with Gasteiger partial charge in [-0.15, -0.1) is 0 Å². The Labute approximate surface area is 177 Å². The van der Waals surface area contributed by atoms with E-state index in [9.17, 15) is 4.79 Å². The number of ether oxygens (including phenoxy) is 2. The Kier molecular flexibility index (Phi) is 5.58. The molecule has 3 aromatic carbocycles. The van der Waals surface area contributed by atoms with Gasteiger partial charge in [0, 0.05) is 10.0 Å². The van der Waals surface area contributed by atoms with Crippen molar-refractivity contribution in [2.45, 2.75) is 13.5 Å². The molecule has 5 heteroatoms. The molecular weight excluding hydrogens is 430 g/mol. The van der Waals surface area contributed by atoms with Crippen molar-refractivity contribution in [3.63, 3.8) is 0 Å². The number of nitrogens with zero attached hydrogens (tertiary/aromatic N) is 1. The van der Waals surface area contributed by atoms with E-state index in [0.29, 0.717) is 12.5 Å². The number of benzene rings is 3. The highest BCUT2D eigenvalue weighted by molar-refractivity contribution is 9.10. The zero-order valence-corrected chi connectivity index (χ0v) is 17.3. The SMILES string of the molecule is Cc1ccccc1C1=N/C(=C\c2ccc(OCc3cccc(Br)c3)cc2)C(=O)O1. The van der Waals surface area contributed by atoms with Gasteiger partial charge in [0.2, 0.25) is 5.90 Å². The fraction of sp³-hybridized carbons (Fsp3) is 0.0833. The molecule has 0 spiro atoms. The van der Waals surface area contributed by atoms with Crippen molar-refractivity contribution in [3.8, 4) is 5.75 Å². The van der Waals surface area contributed by atoms with Crippen LogP contribution in [0.2, 0.25) is 0 Å². The first-order valence-electron chi connectivity index (χ1n) is 9.14. The average molecular weight is 448 g/mol. The molecule has 3 aromatic rings. The van der Waals surface area contributed by atoms with E-state index in [0.717, 1.165) is 32.5 Å². The van der Waals surface area contributed by atoms with Gasteiger partial charge >= 0.3 is 5.97 Å². The molecule has 4 nitrogen and oxygen atoms in total. The third-order valence-corrected chi connectivity index (χ3v) is 4.97. The molecule has 0 saturated carbocycles. The Morgan fingerprint density at radius 2 is 1.83 bits per heavy atom. The number of rotatable bonds is 5. The monoisotopic (exact) mass is 447 g/mol. The summed E-state index contributed by atoms with van der Waals surface area (Å²) >= 11 is 3.46. The van der Waals surface area contributed by atoms with Crippen LogP contribution in [-0.4, -0.2) is 11.9 Å². The topological polar surface area (TPSA) is 47.9 Å². The normalized spacial score (nSPS) is 14.6.